The van der Waals surface area contributed by atoms with E-state index in [2.05, 4.69) is 6.58 Å². The molecule has 2 saturated heterocycles. The number of allylic oxidation sites excluding steroid dienone is 1. The van der Waals surface area contributed by atoms with Crippen molar-refractivity contribution in [2.45, 2.75) is 13.0 Å². The Morgan fingerprint density at radius 3 is 2.61 bits per heavy atom. The highest BCUT2D eigenvalue weighted by molar-refractivity contribution is 8.18. The molecule has 0 bridgehead atoms. The number of benzene rings is 2. The summed E-state index contributed by atoms with van der Waals surface area (Å²) in [6, 6.07) is 8.74. The van der Waals surface area contributed by atoms with Crippen LogP contribution in [0.3, 0.4) is 0 Å². The smallest absolute Gasteiger partial charge is 0.294 e. The van der Waals surface area contributed by atoms with E-state index in [0.29, 0.717) is 59.8 Å². The second-order valence-electron chi connectivity index (χ2n) is 8.49. The number of imide groups is 1. The summed E-state index contributed by atoms with van der Waals surface area (Å²) in [5, 5.41) is 0.532. The van der Waals surface area contributed by atoms with Crippen LogP contribution in [0.15, 0.2) is 47.9 Å². The van der Waals surface area contributed by atoms with Gasteiger partial charge in [0.25, 0.3) is 11.1 Å². The minimum Gasteiger partial charge on any atom is -0.493 e. The second-order valence-corrected chi connectivity index (χ2v) is 10.3. The number of carbonyl (C=O) groups excluding carboxylic acids is 3. The van der Waals surface area contributed by atoms with Crippen molar-refractivity contribution in [3.05, 3.63) is 74.6 Å². The molecule has 0 aromatic heterocycles. The lowest BCUT2D eigenvalue weighted by atomic mass is 10.0. The third-order valence-corrected chi connectivity index (χ3v) is 7.45. The number of halogens is 2. The number of amides is 3. The van der Waals surface area contributed by atoms with Crippen molar-refractivity contribution >= 4 is 58.1 Å². The van der Waals surface area contributed by atoms with E-state index in [0.717, 1.165) is 27.8 Å². The zero-order valence-corrected chi connectivity index (χ0v) is 23.0. The molecule has 2 fully saturated rings. The minimum absolute atomic E-state index is 0.186. The fraction of sp³-hybridized carbons (Fsp3) is 0.296. The molecule has 0 saturated carbocycles. The molecule has 3 amide bonds. The summed E-state index contributed by atoms with van der Waals surface area (Å²) in [4.78, 5) is 41.0. The molecule has 2 aromatic rings. The standard InChI is InChI=1S/C27H26Cl2N2O6S/c1-3-4-18-11-17(12-22(35-2)25(18)37-16-19-5-6-20(28)14-21(19)29)13-23-26(33)31(27(34)38-23)15-24(32)30-7-9-36-10-8-30/h3,5-6,11-14H,1,4,7-10,15-16H2,2H3/b23-13+. The fourth-order valence-electron chi connectivity index (χ4n) is 4.01. The maximum absolute atomic E-state index is 13.0. The van der Waals surface area contributed by atoms with E-state index in [1.165, 1.54) is 7.11 Å². The average Bonchev–Trinajstić information content (AvgIpc) is 3.16. The van der Waals surface area contributed by atoms with E-state index < -0.39 is 11.1 Å². The van der Waals surface area contributed by atoms with Crippen molar-refractivity contribution in [3.63, 3.8) is 0 Å². The van der Waals surface area contributed by atoms with Gasteiger partial charge in [-0.25, -0.2) is 0 Å². The van der Waals surface area contributed by atoms with Gasteiger partial charge >= 0.3 is 0 Å². The Balaban J connectivity index is 1.55. The Kier molecular flexibility index (Phi) is 9.38. The molecule has 2 aliphatic heterocycles. The summed E-state index contributed by atoms with van der Waals surface area (Å²) in [5.41, 5.74) is 2.17. The van der Waals surface area contributed by atoms with Crippen LogP contribution in [0.2, 0.25) is 10.0 Å². The Morgan fingerprint density at radius 2 is 1.92 bits per heavy atom. The molecule has 0 atom stereocenters. The molecule has 0 radical (unpaired) electrons. The number of nitrogens with zero attached hydrogens (tertiary/aromatic N) is 2. The van der Waals surface area contributed by atoms with E-state index in [9.17, 15) is 14.4 Å². The number of rotatable bonds is 9. The molecular weight excluding hydrogens is 551 g/mol. The first-order chi connectivity index (χ1) is 18.3. The van der Waals surface area contributed by atoms with Gasteiger partial charge in [0.1, 0.15) is 13.2 Å². The average molecular weight is 577 g/mol. The van der Waals surface area contributed by atoms with Crippen molar-refractivity contribution in [2.24, 2.45) is 0 Å². The largest absolute Gasteiger partial charge is 0.493 e. The highest BCUT2D eigenvalue weighted by Gasteiger charge is 2.37. The van der Waals surface area contributed by atoms with Gasteiger partial charge in [-0.3, -0.25) is 19.3 Å². The number of hydrogen-bond donors (Lipinski definition) is 0. The van der Waals surface area contributed by atoms with Crippen LogP contribution in [0, 0.1) is 0 Å². The lowest BCUT2D eigenvalue weighted by Gasteiger charge is -2.28. The van der Waals surface area contributed by atoms with Gasteiger partial charge in [0, 0.05) is 34.3 Å². The van der Waals surface area contributed by atoms with E-state index in [1.807, 2.05) is 6.07 Å². The maximum Gasteiger partial charge on any atom is 0.294 e. The predicted molar refractivity (Wildman–Crippen MR) is 148 cm³/mol. The molecule has 0 unspecified atom stereocenters. The Hall–Kier alpha value is -2.98. The van der Waals surface area contributed by atoms with Gasteiger partial charge in [0.15, 0.2) is 11.5 Å². The Labute approximate surface area is 235 Å². The Bertz CT molecular complexity index is 1290. The van der Waals surface area contributed by atoms with Crippen LogP contribution < -0.4 is 9.47 Å². The SMILES string of the molecule is C=CCc1cc(/C=C2/SC(=O)N(CC(=O)N3CCOCC3)C2=O)cc(OC)c1OCc1ccc(Cl)cc1Cl. The van der Waals surface area contributed by atoms with E-state index >= 15 is 0 Å². The summed E-state index contributed by atoms with van der Waals surface area (Å²) in [6.45, 7) is 5.47. The van der Waals surface area contributed by atoms with Crippen LogP contribution in [-0.4, -0.2) is 66.8 Å². The van der Waals surface area contributed by atoms with Gasteiger partial charge in [-0.05, 0) is 54.1 Å². The zero-order chi connectivity index (χ0) is 27.2. The van der Waals surface area contributed by atoms with Gasteiger partial charge in [-0.15, -0.1) is 6.58 Å². The number of morpholine rings is 1. The van der Waals surface area contributed by atoms with Crippen LogP contribution in [0.5, 0.6) is 11.5 Å². The number of methoxy groups -OCH3 is 1. The van der Waals surface area contributed by atoms with Crippen LogP contribution in [-0.2, 0) is 27.4 Å². The van der Waals surface area contributed by atoms with Crippen LogP contribution >= 0.6 is 35.0 Å². The highest BCUT2D eigenvalue weighted by Crippen LogP contribution is 2.38. The molecule has 8 nitrogen and oxygen atoms in total. The molecule has 0 aliphatic carbocycles. The molecule has 2 aromatic carbocycles. The van der Waals surface area contributed by atoms with E-state index in [4.69, 9.17) is 37.4 Å². The van der Waals surface area contributed by atoms with E-state index in [-0.39, 0.29) is 24.0 Å². The number of carbonyl (C=O) groups is 3. The van der Waals surface area contributed by atoms with Crippen LogP contribution in [0.4, 0.5) is 4.79 Å². The van der Waals surface area contributed by atoms with Crippen molar-refractivity contribution in [1.29, 1.82) is 0 Å². The molecule has 2 heterocycles. The fourth-order valence-corrected chi connectivity index (χ4v) is 5.32. The van der Waals surface area contributed by atoms with Crippen molar-refractivity contribution < 1.29 is 28.6 Å². The Morgan fingerprint density at radius 1 is 1.16 bits per heavy atom. The lowest BCUT2D eigenvalue weighted by Crippen LogP contribution is -2.46. The second kappa shape index (κ2) is 12.7. The molecule has 200 valence electrons. The first-order valence-corrected chi connectivity index (χ1v) is 13.4. The first-order valence-electron chi connectivity index (χ1n) is 11.8. The molecule has 0 spiro atoms. The highest BCUT2D eigenvalue weighted by atomic mass is 35.5. The summed E-state index contributed by atoms with van der Waals surface area (Å²) in [6.07, 6.45) is 3.81. The van der Waals surface area contributed by atoms with E-state index in [1.54, 1.807) is 41.3 Å². The van der Waals surface area contributed by atoms with Crippen LogP contribution in [0.1, 0.15) is 16.7 Å². The first kappa shape index (κ1) is 28.0. The monoisotopic (exact) mass is 576 g/mol. The molecule has 11 heteroatoms. The lowest BCUT2D eigenvalue weighted by molar-refractivity contribution is -0.139. The topological polar surface area (TPSA) is 85.4 Å². The van der Waals surface area contributed by atoms with Gasteiger partial charge < -0.3 is 19.1 Å². The summed E-state index contributed by atoms with van der Waals surface area (Å²) in [5.74, 6) is 0.167. The zero-order valence-electron chi connectivity index (χ0n) is 20.7. The summed E-state index contributed by atoms with van der Waals surface area (Å²) in [7, 11) is 1.52. The number of thioether (sulfide) groups is 1. The van der Waals surface area contributed by atoms with Crippen molar-refractivity contribution in [3.8, 4) is 11.5 Å². The molecule has 2 aliphatic rings. The summed E-state index contributed by atoms with van der Waals surface area (Å²) < 4.78 is 16.9. The number of hydrogen-bond acceptors (Lipinski definition) is 7. The van der Waals surface area contributed by atoms with Crippen molar-refractivity contribution in [1.82, 2.24) is 9.80 Å². The quantitative estimate of drug-likeness (QED) is 0.299. The van der Waals surface area contributed by atoms with Crippen molar-refractivity contribution in [2.75, 3.05) is 40.0 Å². The molecule has 4 rings (SSSR count). The minimum atomic E-state index is -0.511. The normalized spacial score (nSPS) is 16.8. The van der Waals surface area contributed by atoms with Gasteiger partial charge in [0.2, 0.25) is 5.91 Å². The van der Waals surface area contributed by atoms with Gasteiger partial charge in [0.05, 0.1) is 25.2 Å². The molecule has 0 N–H and O–H groups in total. The predicted octanol–water partition coefficient (Wildman–Crippen LogP) is 5.20. The number of ether oxygens (including phenoxy) is 3. The third kappa shape index (κ3) is 6.53. The van der Waals surface area contributed by atoms with Crippen LogP contribution in [0.25, 0.3) is 6.08 Å². The van der Waals surface area contributed by atoms with Gasteiger partial charge in [-0.1, -0.05) is 35.3 Å². The maximum atomic E-state index is 13.0. The van der Waals surface area contributed by atoms with Gasteiger partial charge in [-0.2, -0.15) is 0 Å². The molecule has 38 heavy (non-hydrogen) atoms. The summed E-state index contributed by atoms with van der Waals surface area (Å²) >= 11 is 13.1. The molecular formula is C27H26Cl2N2O6S. The third-order valence-electron chi connectivity index (χ3n) is 5.95.